The molecule has 0 spiro atoms. The zero-order valence-corrected chi connectivity index (χ0v) is 23.4. The van der Waals surface area contributed by atoms with Crippen molar-refractivity contribution in [3.63, 3.8) is 0 Å². The molecule has 222 valence electrons. The van der Waals surface area contributed by atoms with Gasteiger partial charge in [0.15, 0.2) is 0 Å². The van der Waals surface area contributed by atoms with Gasteiger partial charge in [0.25, 0.3) is 0 Å². The highest BCUT2D eigenvalue weighted by atomic mass is 32.2. The zero-order chi connectivity index (χ0) is 30.4. The number of rotatable bonds is 17. The smallest absolute Gasteiger partial charge is 0.326 e. The Morgan fingerprint density at radius 3 is 1.78 bits per heavy atom. The predicted octanol–water partition coefficient (Wildman–Crippen LogP) is 0.662. The Labute approximate surface area is 242 Å². The first-order chi connectivity index (χ1) is 19.5. The lowest BCUT2D eigenvalue weighted by Crippen LogP contribution is -2.58. The molecule has 4 unspecified atom stereocenters. The van der Waals surface area contributed by atoms with Crippen LogP contribution < -0.4 is 21.7 Å². The molecule has 3 amide bonds. The van der Waals surface area contributed by atoms with E-state index in [4.69, 9.17) is 10.8 Å². The molecule has 0 aliphatic heterocycles. The molecule has 0 radical (unpaired) electrons. The van der Waals surface area contributed by atoms with E-state index in [1.807, 2.05) is 6.26 Å². The lowest BCUT2D eigenvalue weighted by molar-refractivity contribution is -0.143. The van der Waals surface area contributed by atoms with Gasteiger partial charge in [-0.25, -0.2) is 4.79 Å². The third kappa shape index (κ3) is 11.9. The van der Waals surface area contributed by atoms with Crippen LogP contribution in [0.25, 0.3) is 0 Å². The van der Waals surface area contributed by atoms with Crippen LogP contribution in [0.15, 0.2) is 54.6 Å². The molecule has 0 fully saturated rings. The summed E-state index contributed by atoms with van der Waals surface area (Å²) >= 11 is 1.52. The largest absolute Gasteiger partial charge is 0.508 e. The fraction of sp³-hybridized carbons (Fsp3) is 0.393. The summed E-state index contributed by atoms with van der Waals surface area (Å²) in [6.45, 7) is 0. The molecule has 2 rings (SSSR count). The summed E-state index contributed by atoms with van der Waals surface area (Å²) in [6, 6.07) is 9.99. The van der Waals surface area contributed by atoms with Crippen molar-refractivity contribution in [3.8, 4) is 5.75 Å². The van der Waals surface area contributed by atoms with Crippen molar-refractivity contribution in [2.75, 3.05) is 12.0 Å². The Morgan fingerprint density at radius 2 is 1.27 bits per heavy atom. The maximum Gasteiger partial charge on any atom is 0.326 e. The normalized spacial score (nSPS) is 13.7. The number of phenols is 1. The molecule has 2 aromatic rings. The Balaban J connectivity index is 2.30. The molecule has 0 aromatic heterocycles. The first kappa shape index (κ1) is 33.1. The number of carboxylic acids is 2. The van der Waals surface area contributed by atoms with E-state index >= 15 is 0 Å². The number of hydrogen-bond donors (Lipinski definition) is 7. The van der Waals surface area contributed by atoms with Gasteiger partial charge < -0.3 is 37.0 Å². The van der Waals surface area contributed by atoms with Crippen LogP contribution in [-0.2, 0) is 36.8 Å². The predicted molar refractivity (Wildman–Crippen MR) is 153 cm³/mol. The van der Waals surface area contributed by atoms with Gasteiger partial charge in [0.05, 0.1) is 6.04 Å². The molecule has 2 aromatic carbocycles. The van der Waals surface area contributed by atoms with Crippen molar-refractivity contribution in [2.24, 2.45) is 5.73 Å². The van der Waals surface area contributed by atoms with Crippen LogP contribution in [0.1, 0.15) is 30.4 Å². The molecule has 0 bridgehead atoms. The highest BCUT2D eigenvalue weighted by Crippen LogP contribution is 2.13. The molecule has 41 heavy (non-hydrogen) atoms. The highest BCUT2D eigenvalue weighted by Gasteiger charge is 2.31. The fourth-order valence-electron chi connectivity index (χ4n) is 3.86. The van der Waals surface area contributed by atoms with Crippen molar-refractivity contribution in [1.29, 1.82) is 0 Å². The van der Waals surface area contributed by atoms with Crippen LogP contribution in [-0.4, -0.2) is 81.2 Å². The summed E-state index contributed by atoms with van der Waals surface area (Å²) in [5.74, 6) is -4.07. The van der Waals surface area contributed by atoms with E-state index in [1.165, 1.54) is 23.9 Å². The SMILES string of the molecule is CSCCC(N)C(=O)NC(Cc1ccc(O)cc1)C(=O)NC(Cc1ccccc1)C(=O)NC(CCC(=O)O)C(=O)O. The number of carbonyl (C=O) groups is 5. The second-order valence-electron chi connectivity index (χ2n) is 9.40. The van der Waals surface area contributed by atoms with Gasteiger partial charge in [-0.15, -0.1) is 0 Å². The molecule has 0 saturated heterocycles. The first-order valence-electron chi connectivity index (χ1n) is 12.9. The van der Waals surface area contributed by atoms with Crippen molar-refractivity contribution in [1.82, 2.24) is 16.0 Å². The van der Waals surface area contributed by atoms with Gasteiger partial charge in [0.1, 0.15) is 23.9 Å². The van der Waals surface area contributed by atoms with Crippen LogP contribution in [0.2, 0.25) is 0 Å². The van der Waals surface area contributed by atoms with Crippen molar-refractivity contribution < 1.29 is 39.3 Å². The van der Waals surface area contributed by atoms with E-state index in [1.54, 1.807) is 42.5 Å². The molecule has 12 nitrogen and oxygen atoms in total. The van der Waals surface area contributed by atoms with Crippen LogP contribution in [0.5, 0.6) is 5.75 Å². The summed E-state index contributed by atoms with van der Waals surface area (Å²) in [5.41, 5.74) is 7.28. The average molecular weight is 589 g/mol. The van der Waals surface area contributed by atoms with E-state index < -0.39 is 60.2 Å². The molecule has 0 heterocycles. The number of carboxylic acid groups (broad SMARTS) is 2. The lowest BCUT2D eigenvalue weighted by Gasteiger charge is -2.25. The van der Waals surface area contributed by atoms with Gasteiger partial charge in [0.2, 0.25) is 17.7 Å². The third-order valence-corrected chi connectivity index (χ3v) is 6.80. The number of aliphatic carboxylic acids is 2. The van der Waals surface area contributed by atoms with Crippen LogP contribution in [0.3, 0.4) is 0 Å². The summed E-state index contributed by atoms with van der Waals surface area (Å²) in [7, 11) is 0. The number of nitrogens with one attached hydrogen (secondary N) is 3. The van der Waals surface area contributed by atoms with Crippen LogP contribution >= 0.6 is 11.8 Å². The number of aromatic hydroxyl groups is 1. The minimum atomic E-state index is -1.49. The maximum atomic E-state index is 13.5. The number of hydrogen-bond acceptors (Lipinski definition) is 8. The Bertz CT molecular complexity index is 1180. The molecular weight excluding hydrogens is 552 g/mol. The summed E-state index contributed by atoms with van der Waals surface area (Å²) in [4.78, 5) is 62.2. The Kier molecular flexibility index (Phi) is 13.6. The zero-order valence-electron chi connectivity index (χ0n) is 22.6. The second kappa shape index (κ2) is 16.9. The van der Waals surface area contributed by atoms with E-state index in [0.717, 1.165) is 0 Å². The molecule has 13 heteroatoms. The van der Waals surface area contributed by atoms with Gasteiger partial charge in [-0.3, -0.25) is 19.2 Å². The van der Waals surface area contributed by atoms with Gasteiger partial charge in [-0.05, 0) is 48.1 Å². The monoisotopic (exact) mass is 588 g/mol. The molecule has 0 saturated carbocycles. The average Bonchev–Trinajstić information content (AvgIpc) is 2.94. The fourth-order valence-corrected chi connectivity index (χ4v) is 4.35. The number of amides is 3. The number of phenolic OH excluding ortho intramolecular Hbond substituents is 1. The number of carbonyl (C=O) groups excluding carboxylic acids is 3. The topological polar surface area (TPSA) is 208 Å². The molecule has 0 aliphatic rings. The minimum Gasteiger partial charge on any atom is -0.508 e. The Morgan fingerprint density at radius 1 is 0.756 bits per heavy atom. The number of thioether (sulfide) groups is 1. The maximum absolute atomic E-state index is 13.5. The standard InChI is InChI=1S/C28H36N4O8S/c1-41-14-13-20(29)25(36)31-22(16-18-7-9-19(33)10-8-18)27(38)32-23(15-17-5-3-2-4-6-17)26(37)30-21(28(39)40)11-12-24(34)35/h2-10,20-23,33H,11-16,29H2,1H3,(H,30,37)(H,31,36)(H,32,38)(H,34,35)(H,39,40). The van der Waals surface area contributed by atoms with Crippen molar-refractivity contribution >= 4 is 41.4 Å². The van der Waals surface area contributed by atoms with Crippen molar-refractivity contribution in [2.45, 2.75) is 56.3 Å². The second-order valence-corrected chi connectivity index (χ2v) is 10.4. The van der Waals surface area contributed by atoms with Gasteiger partial charge in [0, 0.05) is 19.3 Å². The summed E-state index contributed by atoms with van der Waals surface area (Å²) in [6.07, 6.45) is 1.44. The van der Waals surface area contributed by atoms with Gasteiger partial charge >= 0.3 is 11.9 Å². The minimum absolute atomic E-state index is 0.00318. The van der Waals surface area contributed by atoms with Gasteiger partial charge in [-0.1, -0.05) is 42.5 Å². The lowest BCUT2D eigenvalue weighted by atomic mass is 10.0. The summed E-state index contributed by atoms with van der Waals surface area (Å²) in [5, 5.41) is 35.6. The quantitative estimate of drug-likeness (QED) is 0.137. The molecule has 0 aliphatic carbocycles. The van der Waals surface area contributed by atoms with Crippen molar-refractivity contribution in [3.05, 3.63) is 65.7 Å². The van der Waals surface area contributed by atoms with Crippen LogP contribution in [0.4, 0.5) is 0 Å². The number of nitrogens with two attached hydrogens (primary N) is 1. The van der Waals surface area contributed by atoms with E-state index in [9.17, 15) is 34.2 Å². The van der Waals surface area contributed by atoms with Gasteiger partial charge in [-0.2, -0.15) is 11.8 Å². The third-order valence-electron chi connectivity index (χ3n) is 6.16. The molecule has 8 N–H and O–H groups in total. The van der Waals surface area contributed by atoms with Crippen LogP contribution in [0, 0.1) is 0 Å². The first-order valence-corrected chi connectivity index (χ1v) is 14.3. The molecular formula is C28H36N4O8S. The molecule has 4 atom stereocenters. The Hall–Kier alpha value is -4.10. The highest BCUT2D eigenvalue weighted by molar-refractivity contribution is 7.98. The number of benzene rings is 2. The van der Waals surface area contributed by atoms with E-state index in [-0.39, 0.29) is 25.0 Å². The van der Waals surface area contributed by atoms with E-state index in [2.05, 4.69) is 16.0 Å². The van der Waals surface area contributed by atoms with E-state index in [0.29, 0.717) is 23.3 Å². The summed E-state index contributed by atoms with van der Waals surface area (Å²) < 4.78 is 0.